The van der Waals surface area contributed by atoms with Gasteiger partial charge in [0.05, 0.1) is 22.1 Å². The first-order valence-corrected chi connectivity index (χ1v) is 8.95. The predicted octanol–water partition coefficient (Wildman–Crippen LogP) is 3.96. The van der Waals surface area contributed by atoms with Crippen molar-refractivity contribution in [1.82, 2.24) is 29.7 Å². The number of nitrogens with zero attached hydrogens (tertiary/aromatic N) is 7. The van der Waals surface area contributed by atoms with Crippen molar-refractivity contribution in [3.63, 3.8) is 0 Å². The van der Waals surface area contributed by atoms with Gasteiger partial charge >= 0.3 is 0 Å². The highest BCUT2D eigenvalue weighted by atomic mass is 35.5. The van der Waals surface area contributed by atoms with Crippen molar-refractivity contribution >= 4 is 39.9 Å². The van der Waals surface area contributed by atoms with Crippen LogP contribution in [0.1, 0.15) is 24.4 Å². The van der Waals surface area contributed by atoms with E-state index in [0.717, 1.165) is 0 Å². The van der Waals surface area contributed by atoms with Crippen LogP contribution in [0.5, 0.6) is 0 Å². The number of hydrogen-bond acceptors (Lipinski definition) is 7. The van der Waals surface area contributed by atoms with Gasteiger partial charge in [-0.25, -0.2) is 19.9 Å². The van der Waals surface area contributed by atoms with Gasteiger partial charge in [-0.1, -0.05) is 23.2 Å². The minimum absolute atomic E-state index is 0.268. The van der Waals surface area contributed by atoms with E-state index in [1.165, 1.54) is 18.9 Å². The van der Waals surface area contributed by atoms with Crippen molar-refractivity contribution in [2.45, 2.75) is 13.0 Å². The van der Waals surface area contributed by atoms with Crippen LogP contribution < -0.4 is 5.32 Å². The Hall–Kier alpha value is -3.28. The highest BCUT2D eigenvalue weighted by molar-refractivity contribution is 6.38. The topological polar surface area (TPSA) is 105 Å². The Morgan fingerprint density at radius 1 is 1.11 bits per heavy atom. The Morgan fingerprint density at radius 3 is 2.71 bits per heavy atom. The quantitative estimate of drug-likeness (QED) is 0.542. The summed E-state index contributed by atoms with van der Waals surface area (Å²) < 4.78 is 1.60. The summed E-state index contributed by atoms with van der Waals surface area (Å²) in [6.45, 7) is 1.92. The molecule has 3 aromatic heterocycles. The Balaban J connectivity index is 1.69. The van der Waals surface area contributed by atoms with Crippen molar-refractivity contribution in [3.05, 3.63) is 64.6 Å². The van der Waals surface area contributed by atoms with Gasteiger partial charge in [0.2, 0.25) is 0 Å². The van der Waals surface area contributed by atoms with Gasteiger partial charge in [0, 0.05) is 16.6 Å². The first-order valence-electron chi connectivity index (χ1n) is 8.19. The molecule has 1 atom stereocenters. The van der Waals surface area contributed by atoms with Crippen molar-refractivity contribution < 1.29 is 0 Å². The summed E-state index contributed by atoms with van der Waals surface area (Å²) in [6.07, 6.45) is 4.37. The van der Waals surface area contributed by atoms with E-state index in [4.69, 9.17) is 28.5 Å². The zero-order valence-electron chi connectivity index (χ0n) is 14.5. The number of pyridine rings is 1. The smallest absolute Gasteiger partial charge is 0.156 e. The average molecular weight is 411 g/mol. The molecule has 138 valence electrons. The van der Waals surface area contributed by atoms with Crippen LogP contribution in [0.3, 0.4) is 0 Å². The van der Waals surface area contributed by atoms with Crippen LogP contribution in [0.25, 0.3) is 16.7 Å². The molecule has 0 saturated carbocycles. The molecule has 1 unspecified atom stereocenters. The molecule has 28 heavy (non-hydrogen) atoms. The van der Waals surface area contributed by atoms with Crippen molar-refractivity contribution in [1.29, 1.82) is 5.26 Å². The molecule has 0 spiro atoms. The van der Waals surface area contributed by atoms with E-state index in [1.807, 2.05) is 13.0 Å². The lowest BCUT2D eigenvalue weighted by atomic mass is 10.2. The standard InChI is InChI=1S/C18H12Cl2N8/c1-10(18-25-9-26-28(18)15-3-2-11(6-21)7-22-15)27-17-13-4-12(19)5-14(20)16(13)23-8-24-17/h2-5,7-10H,1H3,(H,23,24,27). The Bertz CT molecular complexity index is 1200. The van der Waals surface area contributed by atoms with Crippen LogP contribution in [0.15, 0.2) is 43.1 Å². The number of aromatic nitrogens is 6. The first-order chi connectivity index (χ1) is 13.6. The fourth-order valence-electron chi connectivity index (χ4n) is 2.78. The fourth-order valence-corrected chi connectivity index (χ4v) is 3.32. The molecule has 0 radical (unpaired) electrons. The summed E-state index contributed by atoms with van der Waals surface area (Å²) >= 11 is 12.4. The van der Waals surface area contributed by atoms with Crippen molar-refractivity contribution in [2.24, 2.45) is 0 Å². The number of rotatable bonds is 4. The molecule has 8 nitrogen and oxygen atoms in total. The third-order valence-corrected chi connectivity index (χ3v) is 4.57. The molecule has 1 N–H and O–H groups in total. The Morgan fingerprint density at radius 2 is 1.96 bits per heavy atom. The largest absolute Gasteiger partial charge is 0.360 e. The number of nitriles is 1. The van der Waals surface area contributed by atoms with E-state index in [1.54, 1.807) is 28.9 Å². The van der Waals surface area contributed by atoms with Crippen molar-refractivity contribution in [2.75, 3.05) is 5.32 Å². The monoisotopic (exact) mass is 410 g/mol. The fraction of sp³-hybridized carbons (Fsp3) is 0.111. The van der Waals surface area contributed by atoms with Gasteiger partial charge in [-0.05, 0) is 31.2 Å². The normalized spacial score (nSPS) is 11.9. The highest BCUT2D eigenvalue weighted by Crippen LogP contribution is 2.31. The Labute approximate surface area is 169 Å². The number of benzene rings is 1. The van der Waals surface area contributed by atoms with Gasteiger partial charge in [-0.3, -0.25) is 0 Å². The molecule has 0 fully saturated rings. The SMILES string of the molecule is CC(Nc1ncnc2c(Cl)cc(Cl)cc12)c1ncnn1-c1ccc(C#N)cn1. The van der Waals surface area contributed by atoms with E-state index < -0.39 is 0 Å². The Kier molecular flexibility index (Phi) is 4.77. The second-order valence-corrected chi connectivity index (χ2v) is 6.76. The van der Waals surface area contributed by atoms with Gasteiger partial charge in [0.1, 0.15) is 24.5 Å². The maximum atomic E-state index is 8.93. The molecule has 0 saturated heterocycles. The third kappa shape index (κ3) is 3.33. The summed E-state index contributed by atoms with van der Waals surface area (Å²) in [5, 5.41) is 18.1. The summed E-state index contributed by atoms with van der Waals surface area (Å²) in [4.78, 5) is 17.1. The number of anilines is 1. The van der Waals surface area contributed by atoms with E-state index in [0.29, 0.717) is 44.0 Å². The molecule has 3 heterocycles. The number of fused-ring (bicyclic) bond motifs is 1. The van der Waals surface area contributed by atoms with Gasteiger partial charge < -0.3 is 5.32 Å². The average Bonchev–Trinajstić information content (AvgIpc) is 3.18. The lowest BCUT2D eigenvalue weighted by Gasteiger charge is -2.16. The molecular weight excluding hydrogens is 399 g/mol. The predicted molar refractivity (Wildman–Crippen MR) is 105 cm³/mol. The number of nitrogens with one attached hydrogen (secondary N) is 1. The van der Waals surface area contributed by atoms with Gasteiger partial charge in [0.25, 0.3) is 0 Å². The summed E-state index contributed by atoms with van der Waals surface area (Å²) in [5.74, 6) is 1.75. The van der Waals surface area contributed by atoms with Crippen LogP contribution in [-0.4, -0.2) is 29.7 Å². The second kappa shape index (κ2) is 7.38. The molecule has 4 rings (SSSR count). The van der Waals surface area contributed by atoms with Crippen LogP contribution in [0.2, 0.25) is 10.0 Å². The molecule has 0 aliphatic heterocycles. The van der Waals surface area contributed by atoms with Gasteiger partial charge in [-0.15, -0.1) is 0 Å². The molecule has 0 amide bonds. The summed E-state index contributed by atoms with van der Waals surface area (Å²) in [5.41, 5.74) is 1.07. The molecule has 0 aliphatic rings. The van der Waals surface area contributed by atoms with E-state index in [2.05, 4.69) is 30.4 Å². The molecular formula is C18H12Cl2N8. The van der Waals surface area contributed by atoms with E-state index in [9.17, 15) is 0 Å². The maximum Gasteiger partial charge on any atom is 0.156 e. The number of hydrogen-bond donors (Lipinski definition) is 1. The van der Waals surface area contributed by atoms with Gasteiger partial charge in [-0.2, -0.15) is 15.0 Å². The minimum atomic E-state index is -0.268. The molecule has 0 bridgehead atoms. The first kappa shape index (κ1) is 18.1. The maximum absolute atomic E-state index is 8.93. The summed E-state index contributed by atoms with van der Waals surface area (Å²) in [6, 6.07) is 8.55. The van der Waals surface area contributed by atoms with Crippen LogP contribution >= 0.6 is 23.2 Å². The second-order valence-electron chi connectivity index (χ2n) is 5.92. The molecule has 0 aliphatic carbocycles. The third-order valence-electron chi connectivity index (χ3n) is 4.07. The number of halogens is 2. The molecule has 1 aromatic carbocycles. The zero-order chi connectivity index (χ0) is 19.7. The van der Waals surface area contributed by atoms with E-state index in [-0.39, 0.29) is 6.04 Å². The van der Waals surface area contributed by atoms with E-state index >= 15 is 0 Å². The van der Waals surface area contributed by atoms with Crippen LogP contribution in [0, 0.1) is 11.3 Å². The van der Waals surface area contributed by atoms with Crippen molar-refractivity contribution in [3.8, 4) is 11.9 Å². The lowest BCUT2D eigenvalue weighted by molar-refractivity contribution is 0.710. The minimum Gasteiger partial charge on any atom is -0.360 e. The van der Waals surface area contributed by atoms with Gasteiger partial charge in [0.15, 0.2) is 11.6 Å². The lowest BCUT2D eigenvalue weighted by Crippen LogP contribution is -2.15. The van der Waals surface area contributed by atoms with Crippen LogP contribution in [-0.2, 0) is 0 Å². The van der Waals surface area contributed by atoms with Crippen LogP contribution in [0.4, 0.5) is 5.82 Å². The molecule has 4 aromatic rings. The summed E-state index contributed by atoms with van der Waals surface area (Å²) in [7, 11) is 0. The molecule has 10 heteroatoms. The zero-order valence-corrected chi connectivity index (χ0v) is 16.0. The highest BCUT2D eigenvalue weighted by Gasteiger charge is 2.17.